The lowest BCUT2D eigenvalue weighted by molar-refractivity contribution is 0.647. The summed E-state index contributed by atoms with van der Waals surface area (Å²) in [6.07, 6.45) is 0. The second-order valence-electron chi connectivity index (χ2n) is 8.39. The van der Waals surface area contributed by atoms with Gasteiger partial charge in [0, 0.05) is 21.2 Å². The third kappa shape index (κ3) is 2.34. The Kier molecular flexibility index (Phi) is 3.34. The maximum absolute atomic E-state index is 6.23. The number of para-hydroxylation sites is 1. The molecule has 1 heterocycles. The lowest BCUT2D eigenvalue weighted by Gasteiger charge is -2.22. The topological polar surface area (TPSA) is 13.1 Å². The highest BCUT2D eigenvalue weighted by atomic mass is 35.5. The number of hydrogen-bond donors (Lipinski definition) is 0. The summed E-state index contributed by atoms with van der Waals surface area (Å²) in [5.74, 6) is 0. The molecule has 0 atom stereocenters. The average molecular weight is 395 g/mol. The van der Waals surface area contributed by atoms with E-state index in [1.165, 1.54) is 38.6 Å². The van der Waals surface area contributed by atoms with Crippen molar-refractivity contribution in [1.29, 1.82) is 0 Å². The van der Waals surface area contributed by atoms with Gasteiger partial charge in [-0.15, -0.1) is 0 Å². The molecule has 0 N–H and O–H groups in total. The Bertz CT molecular complexity index is 1440. The van der Waals surface area contributed by atoms with Gasteiger partial charge < -0.3 is 4.42 Å². The predicted octanol–water partition coefficient (Wildman–Crippen LogP) is 8.21. The first-order valence-corrected chi connectivity index (χ1v) is 10.3. The third-order valence-electron chi connectivity index (χ3n) is 6.33. The summed E-state index contributed by atoms with van der Waals surface area (Å²) < 4.78 is 6.16. The van der Waals surface area contributed by atoms with Gasteiger partial charge in [-0.2, -0.15) is 0 Å². The summed E-state index contributed by atoms with van der Waals surface area (Å²) in [4.78, 5) is 0. The maximum atomic E-state index is 6.23. The second kappa shape index (κ2) is 5.75. The summed E-state index contributed by atoms with van der Waals surface area (Å²) in [6.45, 7) is 4.60. The van der Waals surface area contributed by atoms with Gasteiger partial charge in [0.1, 0.15) is 11.2 Å². The summed E-state index contributed by atoms with van der Waals surface area (Å²) in [5, 5.41) is 3.12. The van der Waals surface area contributed by atoms with Gasteiger partial charge in [-0.1, -0.05) is 67.9 Å². The predicted molar refractivity (Wildman–Crippen MR) is 122 cm³/mol. The molecule has 1 aliphatic rings. The Labute approximate surface area is 174 Å². The second-order valence-corrected chi connectivity index (χ2v) is 8.82. The van der Waals surface area contributed by atoms with E-state index in [-0.39, 0.29) is 5.41 Å². The van der Waals surface area contributed by atoms with E-state index in [0.29, 0.717) is 0 Å². The number of furan rings is 1. The van der Waals surface area contributed by atoms with Crippen LogP contribution in [0.3, 0.4) is 0 Å². The molecule has 6 rings (SSSR count). The van der Waals surface area contributed by atoms with E-state index >= 15 is 0 Å². The molecule has 0 amide bonds. The average Bonchev–Trinajstić information content (AvgIpc) is 3.19. The Balaban J connectivity index is 1.60. The van der Waals surface area contributed by atoms with Crippen LogP contribution < -0.4 is 0 Å². The summed E-state index contributed by atoms with van der Waals surface area (Å²) in [6, 6.07) is 27.7. The van der Waals surface area contributed by atoms with Crippen LogP contribution in [0.5, 0.6) is 0 Å². The van der Waals surface area contributed by atoms with Gasteiger partial charge in [0.15, 0.2) is 0 Å². The molecule has 1 aromatic heterocycles. The standard InChI is InChI=1S/C27H19ClO/c1-27(2)23-13-17(16-6-5-7-18(28)12-16)10-11-19(23)21-14-22-20-8-3-4-9-25(20)29-26(22)15-24(21)27/h3-15H,1-2H3. The molecule has 1 aliphatic carbocycles. The Morgan fingerprint density at radius 1 is 0.655 bits per heavy atom. The van der Waals surface area contributed by atoms with Gasteiger partial charge in [0.05, 0.1) is 0 Å². The van der Waals surface area contributed by atoms with Crippen molar-refractivity contribution < 1.29 is 4.42 Å². The van der Waals surface area contributed by atoms with Crippen LogP contribution in [-0.4, -0.2) is 0 Å². The van der Waals surface area contributed by atoms with Crippen molar-refractivity contribution in [3.63, 3.8) is 0 Å². The molecular formula is C27H19ClO. The molecule has 0 fully saturated rings. The summed E-state index contributed by atoms with van der Waals surface area (Å²) in [5.41, 5.74) is 9.44. The maximum Gasteiger partial charge on any atom is 0.135 e. The molecule has 0 spiro atoms. The molecule has 0 bridgehead atoms. The molecule has 1 nitrogen and oxygen atoms in total. The monoisotopic (exact) mass is 394 g/mol. The lowest BCUT2D eigenvalue weighted by Crippen LogP contribution is -2.15. The Morgan fingerprint density at radius 3 is 2.31 bits per heavy atom. The van der Waals surface area contributed by atoms with Gasteiger partial charge in [0.25, 0.3) is 0 Å². The molecule has 0 saturated heterocycles. The van der Waals surface area contributed by atoms with Crippen LogP contribution >= 0.6 is 11.6 Å². The molecule has 4 aromatic carbocycles. The van der Waals surface area contributed by atoms with E-state index in [2.05, 4.69) is 62.4 Å². The lowest BCUT2D eigenvalue weighted by atomic mass is 9.81. The van der Waals surface area contributed by atoms with Crippen LogP contribution in [0.15, 0.2) is 83.3 Å². The van der Waals surface area contributed by atoms with Crippen LogP contribution in [-0.2, 0) is 5.41 Å². The first-order chi connectivity index (χ1) is 14.0. The zero-order chi connectivity index (χ0) is 19.8. The number of benzene rings is 4. The molecule has 0 unspecified atom stereocenters. The molecular weight excluding hydrogens is 376 g/mol. The molecule has 29 heavy (non-hydrogen) atoms. The van der Waals surface area contributed by atoms with Gasteiger partial charge in [-0.25, -0.2) is 0 Å². The Morgan fingerprint density at radius 2 is 1.45 bits per heavy atom. The van der Waals surface area contributed by atoms with E-state index in [4.69, 9.17) is 16.0 Å². The fourth-order valence-corrected chi connectivity index (χ4v) is 4.99. The minimum Gasteiger partial charge on any atom is -0.456 e. The smallest absolute Gasteiger partial charge is 0.135 e. The van der Waals surface area contributed by atoms with Crippen molar-refractivity contribution in [3.05, 3.63) is 95.0 Å². The van der Waals surface area contributed by atoms with Crippen molar-refractivity contribution in [2.45, 2.75) is 19.3 Å². The molecule has 5 aromatic rings. The largest absolute Gasteiger partial charge is 0.456 e. The van der Waals surface area contributed by atoms with Crippen molar-refractivity contribution in [3.8, 4) is 22.3 Å². The number of fused-ring (bicyclic) bond motifs is 6. The number of halogens is 1. The van der Waals surface area contributed by atoms with Gasteiger partial charge >= 0.3 is 0 Å². The highest BCUT2D eigenvalue weighted by Crippen LogP contribution is 2.51. The van der Waals surface area contributed by atoms with E-state index < -0.39 is 0 Å². The van der Waals surface area contributed by atoms with Crippen LogP contribution in [0.25, 0.3) is 44.2 Å². The Hall–Kier alpha value is -3.03. The third-order valence-corrected chi connectivity index (χ3v) is 6.57. The van der Waals surface area contributed by atoms with Crippen molar-refractivity contribution in [2.24, 2.45) is 0 Å². The zero-order valence-electron chi connectivity index (χ0n) is 16.3. The summed E-state index contributed by atoms with van der Waals surface area (Å²) >= 11 is 6.23. The van der Waals surface area contributed by atoms with Crippen LogP contribution in [0.1, 0.15) is 25.0 Å². The van der Waals surface area contributed by atoms with E-state index in [9.17, 15) is 0 Å². The van der Waals surface area contributed by atoms with Crippen molar-refractivity contribution in [2.75, 3.05) is 0 Å². The number of hydrogen-bond acceptors (Lipinski definition) is 1. The van der Waals surface area contributed by atoms with E-state index in [1.807, 2.05) is 30.3 Å². The normalized spacial score (nSPS) is 14.3. The van der Waals surface area contributed by atoms with Crippen LogP contribution in [0.4, 0.5) is 0 Å². The molecule has 0 saturated carbocycles. The number of rotatable bonds is 1. The van der Waals surface area contributed by atoms with Crippen molar-refractivity contribution >= 4 is 33.5 Å². The molecule has 140 valence electrons. The summed E-state index contributed by atoms with van der Waals surface area (Å²) in [7, 11) is 0. The molecule has 0 aliphatic heterocycles. The highest BCUT2D eigenvalue weighted by Gasteiger charge is 2.36. The quantitative estimate of drug-likeness (QED) is 0.279. The van der Waals surface area contributed by atoms with Gasteiger partial charge in [-0.05, 0) is 69.8 Å². The van der Waals surface area contributed by atoms with Crippen LogP contribution in [0.2, 0.25) is 5.02 Å². The highest BCUT2D eigenvalue weighted by molar-refractivity contribution is 6.30. The van der Waals surface area contributed by atoms with Gasteiger partial charge in [-0.3, -0.25) is 0 Å². The molecule has 2 heteroatoms. The minimum absolute atomic E-state index is 0.0909. The van der Waals surface area contributed by atoms with Crippen LogP contribution in [0, 0.1) is 0 Å². The van der Waals surface area contributed by atoms with E-state index in [1.54, 1.807) is 0 Å². The van der Waals surface area contributed by atoms with E-state index in [0.717, 1.165) is 21.8 Å². The first-order valence-electron chi connectivity index (χ1n) is 9.89. The van der Waals surface area contributed by atoms with Gasteiger partial charge in [0.2, 0.25) is 0 Å². The fraction of sp³-hybridized carbons (Fsp3) is 0.111. The molecule has 0 radical (unpaired) electrons. The SMILES string of the molecule is CC1(C)c2cc(-c3cccc(Cl)c3)ccc2-c2cc3c(cc21)oc1ccccc13. The fourth-order valence-electron chi connectivity index (χ4n) is 4.80. The first kappa shape index (κ1) is 16.9. The van der Waals surface area contributed by atoms with Crippen molar-refractivity contribution in [1.82, 2.24) is 0 Å². The zero-order valence-corrected chi connectivity index (χ0v) is 17.0. The minimum atomic E-state index is -0.0909.